The molecule has 1 aliphatic rings. The van der Waals surface area contributed by atoms with Gasteiger partial charge in [0.05, 0.1) is 12.5 Å². The maximum atomic E-state index is 12.8. The fourth-order valence-corrected chi connectivity index (χ4v) is 3.79. The smallest absolute Gasteiger partial charge is 0.313 e. The highest BCUT2D eigenvalue weighted by atomic mass is 16.5. The van der Waals surface area contributed by atoms with Crippen LogP contribution in [0.15, 0.2) is 24.3 Å². The van der Waals surface area contributed by atoms with Gasteiger partial charge in [0, 0.05) is 11.5 Å². The number of Topliss-reactive ketones (excluding diaryl/α,β-unsaturated/α-hetero) is 1. The molecule has 0 bridgehead atoms. The third-order valence-corrected chi connectivity index (χ3v) is 5.46. The van der Waals surface area contributed by atoms with E-state index in [0.29, 0.717) is 12.5 Å². The molecule has 1 fully saturated rings. The van der Waals surface area contributed by atoms with Crippen LogP contribution in [-0.4, -0.2) is 24.9 Å². The summed E-state index contributed by atoms with van der Waals surface area (Å²) in [5.41, 5.74) is 7.43. The molecule has 4 nitrogen and oxygen atoms in total. The second-order valence-electron chi connectivity index (χ2n) is 7.45. The van der Waals surface area contributed by atoms with E-state index in [1.807, 2.05) is 31.2 Å². The Kier molecular flexibility index (Phi) is 8.30. The lowest BCUT2D eigenvalue weighted by Crippen LogP contribution is -2.25. The van der Waals surface area contributed by atoms with Crippen LogP contribution in [0.25, 0.3) is 0 Å². The SMILES string of the molecule is CCCOC(=O)C(CCC)c1ccc(C(=O)C2CCC(CN)CC2)cc1. The van der Waals surface area contributed by atoms with E-state index < -0.39 is 0 Å². The Morgan fingerprint density at radius 1 is 1.08 bits per heavy atom. The minimum Gasteiger partial charge on any atom is -0.465 e. The zero-order valence-corrected chi connectivity index (χ0v) is 16.2. The predicted octanol–water partition coefficient (Wildman–Crippen LogP) is 4.47. The van der Waals surface area contributed by atoms with E-state index in [1.165, 1.54) is 0 Å². The second-order valence-corrected chi connectivity index (χ2v) is 7.45. The van der Waals surface area contributed by atoms with Gasteiger partial charge in [-0.1, -0.05) is 44.5 Å². The van der Waals surface area contributed by atoms with Gasteiger partial charge in [0.1, 0.15) is 0 Å². The van der Waals surface area contributed by atoms with Gasteiger partial charge in [-0.2, -0.15) is 0 Å². The Morgan fingerprint density at radius 3 is 2.27 bits per heavy atom. The summed E-state index contributed by atoms with van der Waals surface area (Å²) in [6, 6.07) is 7.60. The molecule has 0 aliphatic heterocycles. The maximum absolute atomic E-state index is 12.8. The number of benzene rings is 1. The highest BCUT2D eigenvalue weighted by molar-refractivity contribution is 5.98. The van der Waals surface area contributed by atoms with Crippen LogP contribution in [0.1, 0.15) is 80.6 Å². The van der Waals surface area contributed by atoms with E-state index in [2.05, 4.69) is 6.92 Å². The number of carbonyl (C=O) groups is 2. The van der Waals surface area contributed by atoms with E-state index in [1.54, 1.807) is 0 Å². The van der Waals surface area contributed by atoms with Crippen LogP contribution in [0.4, 0.5) is 0 Å². The van der Waals surface area contributed by atoms with Gasteiger partial charge in [-0.15, -0.1) is 0 Å². The van der Waals surface area contributed by atoms with Crippen LogP contribution >= 0.6 is 0 Å². The molecule has 1 aliphatic carbocycles. The van der Waals surface area contributed by atoms with Gasteiger partial charge in [-0.3, -0.25) is 9.59 Å². The van der Waals surface area contributed by atoms with E-state index in [-0.39, 0.29) is 23.6 Å². The van der Waals surface area contributed by atoms with Crippen LogP contribution in [0.2, 0.25) is 0 Å². The molecule has 1 saturated carbocycles. The number of nitrogens with two attached hydrogens (primary N) is 1. The predicted molar refractivity (Wildman–Crippen MR) is 104 cm³/mol. The monoisotopic (exact) mass is 359 g/mol. The first-order chi connectivity index (χ1) is 12.6. The van der Waals surface area contributed by atoms with Gasteiger partial charge in [0.2, 0.25) is 0 Å². The van der Waals surface area contributed by atoms with Gasteiger partial charge in [0.15, 0.2) is 5.78 Å². The Hall–Kier alpha value is -1.68. The maximum Gasteiger partial charge on any atom is 0.313 e. The van der Waals surface area contributed by atoms with E-state index in [9.17, 15) is 9.59 Å². The van der Waals surface area contributed by atoms with Crippen molar-refractivity contribution in [2.24, 2.45) is 17.6 Å². The Bertz CT molecular complexity index is 574. The molecule has 0 radical (unpaired) electrons. The lowest BCUT2D eigenvalue weighted by molar-refractivity contribution is -0.145. The first kappa shape index (κ1) is 20.6. The number of ether oxygens (including phenoxy) is 1. The van der Waals surface area contributed by atoms with Gasteiger partial charge < -0.3 is 10.5 Å². The average Bonchev–Trinajstić information content (AvgIpc) is 2.70. The number of hydrogen-bond donors (Lipinski definition) is 1. The molecule has 1 atom stereocenters. The van der Waals surface area contributed by atoms with Crippen LogP contribution < -0.4 is 5.73 Å². The lowest BCUT2D eigenvalue weighted by atomic mass is 9.78. The number of rotatable bonds is 9. The number of carbonyl (C=O) groups excluding carboxylic acids is 2. The van der Waals surface area contributed by atoms with E-state index >= 15 is 0 Å². The van der Waals surface area contributed by atoms with Crippen molar-refractivity contribution in [1.29, 1.82) is 0 Å². The van der Waals surface area contributed by atoms with Crippen LogP contribution in [0, 0.1) is 11.8 Å². The summed E-state index contributed by atoms with van der Waals surface area (Å²) in [7, 11) is 0. The summed E-state index contributed by atoms with van der Waals surface area (Å²) >= 11 is 0. The number of hydrogen-bond acceptors (Lipinski definition) is 4. The normalized spacial score (nSPS) is 21.2. The quantitative estimate of drug-likeness (QED) is 0.522. The summed E-state index contributed by atoms with van der Waals surface area (Å²) < 4.78 is 5.34. The zero-order chi connectivity index (χ0) is 18.9. The fourth-order valence-electron chi connectivity index (χ4n) is 3.79. The fraction of sp³-hybridized carbons (Fsp3) is 0.636. The van der Waals surface area contributed by atoms with Crippen molar-refractivity contribution in [3.8, 4) is 0 Å². The van der Waals surface area contributed by atoms with Crippen molar-refractivity contribution in [2.75, 3.05) is 13.2 Å². The molecular weight excluding hydrogens is 326 g/mol. The molecule has 0 spiro atoms. The topological polar surface area (TPSA) is 69.4 Å². The molecule has 26 heavy (non-hydrogen) atoms. The summed E-state index contributed by atoms with van der Waals surface area (Å²) in [5.74, 6) is 0.520. The average molecular weight is 360 g/mol. The minimum absolute atomic E-state index is 0.115. The Balaban J connectivity index is 2.03. The molecule has 0 saturated heterocycles. The molecule has 2 rings (SSSR count). The lowest BCUT2D eigenvalue weighted by Gasteiger charge is -2.26. The van der Waals surface area contributed by atoms with Gasteiger partial charge in [-0.25, -0.2) is 0 Å². The molecule has 0 heterocycles. The molecule has 2 N–H and O–H groups in total. The third kappa shape index (κ3) is 5.41. The third-order valence-electron chi connectivity index (χ3n) is 5.46. The second kappa shape index (κ2) is 10.5. The largest absolute Gasteiger partial charge is 0.465 e. The molecule has 1 aromatic rings. The Morgan fingerprint density at radius 2 is 1.73 bits per heavy atom. The van der Waals surface area contributed by atoms with Crippen molar-refractivity contribution < 1.29 is 14.3 Å². The molecule has 1 unspecified atom stereocenters. The van der Waals surface area contributed by atoms with Crippen LogP contribution in [-0.2, 0) is 9.53 Å². The van der Waals surface area contributed by atoms with E-state index in [4.69, 9.17) is 10.5 Å². The number of ketones is 1. The molecule has 0 amide bonds. The summed E-state index contributed by atoms with van der Waals surface area (Å²) in [4.78, 5) is 25.1. The highest BCUT2D eigenvalue weighted by Crippen LogP contribution is 2.31. The molecular formula is C22H33NO3. The van der Waals surface area contributed by atoms with Crippen molar-refractivity contribution in [3.05, 3.63) is 35.4 Å². The summed E-state index contributed by atoms with van der Waals surface area (Å²) in [6.45, 7) is 5.24. The molecule has 0 aromatic heterocycles. The van der Waals surface area contributed by atoms with Crippen molar-refractivity contribution >= 4 is 11.8 Å². The van der Waals surface area contributed by atoms with Gasteiger partial charge in [-0.05, 0) is 56.6 Å². The first-order valence-corrected chi connectivity index (χ1v) is 10.1. The van der Waals surface area contributed by atoms with Crippen molar-refractivity contribution in [1.82, 2.24) is 0 Å². The standard InChI is InChI=1S/C22H33NO3/c1-3-5-20(22(25)26-14-4-2)17-10-12-19(13-11-17)21(24)18-8-6-16(15-23)7-9-18/h10-13,16,18,20H,3-9,14-15,23H2,1-2H3. The first-order valence-electron chi connectivity index (χ1n) is 10.1. The number of esters is 1. The summed E-state index contributed by atoms with van der Waals surface area (Å²) in [5, 5.41) is 0. The summed E-state index contributed by atoms with van der Waals surface area (Å²) in [6.07, 6.45) is 6.47. The molecule has 144 valence electrons. The zero-order valence-electron chi connectivity index (χ0n) is 16.2. The van der Waals surface area contributed by atoms with E-state index in [0.717, 1.165) is 62.6 Å². The van der Waals surface area contributed by atoms with Crippen molar-refractivity contribution in [3.63, 3.8) is 0 Å². The van der Waals surface area contributed by atoms with Gasteiger partial charge >= 0.3 is 5.97 Å². The van der Waals surface area contributed by atoms with Crippen LogP contribution in [0.5, 0.6) is 0 Å². The van der Waals surface area contributed by atoms with Crippen molar-refractivity contribution in [2.45, 2.75) is 64.7 Å². The minimum atomic E-state index is -0.240. The van der Waals surface area contributed by atoms with Gasteiger partial charge in [0.25, 0.3) is 0 Å². The Labute approximate surface area is 157 Å². The molecule has 1 aromatic carbocycles. The van der Waals surface area contributed by atoms with Crippen LogP contribution in [0.3, 0.4) is 0 Å². The highest BCUT2D eigenvalue weighted by Gasteiger charge is 2.27. The molecule has 4 heteroatoms.